The second kappa shape index (κ2) is 8.00. The van der Waals surface area contributed by atoms with Crippen molar-refractivity contribution in [3.63, 3.8) is 0 Å². The summed E-state index contributed by atoms with van der Waals surface area (Å²) >= 11 is 5.66. The number of rotatable bonds is 6. The molecule has 4 N–H and O–H groups in total. The zero-order valence-electron chi connectivity index (χ0n) is 16.5. The Balaban J connectivity index is 1.87. The van der Waals surface area contributed by atoms with Crippen LogP contribution < -0.4 is 20.9 Å². The summed E-state index contributed by atoms with van der Waals surface area (Å²) in [5, 5.41) is 0.845. The zero-order chi connectivity index (χ0) is 21.3. The number of hydrogen-bond donors (Lipinski definition) is 2. The molecule has 2 heterocycles. The molecule has 0 aliphatic rings. The van der Waals surface area contributed by atoms with Gasteiger partial charge in [-0.1, -0.05) is 42.5 Å². The minimum Gasteiger partial charge on any atom is -0.493 e. The molecular weight excluding hydrogens is 400 g/mol. The van der Waals surface area contributed by atoms with Crippen LogP contribution in [0.5, 0.6) is 11.5 Å². The van der Waals surface area contributed by atoms with Gasteiger partial charge < -0.3 is 25.4 Å². The summed E-state index contributed by atoms with van der Waals surface area (Å²) in [6.07, 6.45) is 2.08. The molecule has 0 radical (unpaired) electrons. The SMILES string of the molecule is COc1cc(Cc2cnc(N)nc2N)c2cc(C(=S)c3ccccc3)oc2c1OC. The van der Waals surface area contributed by atoms with E-state index in [9.17, 15) is 0 Å². The highest BCUT2D eigenvalue weighted by atomic mass is 32.1. The molecule has 30 heavy (non-hydrogen) atoms. The van der Waals surface area contributed by atoms with Crippen molar-refractivity contribution in [3.05, 3.63) is 71.1 Å². The highest BCUT2D eigenvalue weighted by Gasteiger charge is 2.21. The third-order valence-electron chi connectivity index (χ3n) is 4.79. The molecular formula is C22H20N4O3S. The van der Waals surface area contributed by atoms with Crippen molar-refractivity contribution in [2.24, 2.45) is 0 Å². The zero-order valence-corrected chi connectivity index (χ0v) is 17.3. The quantitative estimate of drug-likeness (QED) is 0.358. The highest BCUT2D eigenvalue weighted by molar-refractivity contribution is 7.81. The van der Waals surface area contributed by atoms with E-state index >= 15 is 0 Å². The lowest BCUT2D eigenvalue weighted by molar-refractivity contribution is 0.353. The molecule has 152 valence electrons. The molecule has 0 spiro atoms. The first-order chi connectivity index (χ1) is 14.5. The van der Waals surface area contributed by atoms with Gasteiger partial charge in [-0.15, -0.1) is 0 Å². The second-order valence-electron chi connectivity index (χ2n) is 6.64. The van der Waals surface area contributed by atoms with E-state index in [1.54, 1.807) is 20.4 Å². The molecule has 4 rings (SSSR count). The number of methoxy groups -OCH3 is 2. The van der Waals surface area contributed by atoms with Crippen LogP contribution in [0.15, 0.2) is 53.1 Å². The average Bonchev–Trinajstić information content (AvgIpc) is 3.21. The van der Waals surface area contributed by atoms with Crippen molar-refractivity contribution in [3.8, 4) is 11.5 Å². The number of nitrogens with two attached hydrogens (primary N) is 2. The van der Waals surface area contributed by atoms with E-state index in [2.05, 4.69) is 9.97 Å². The number of anilines is 2. The van der Waals surface area contributed by atoms with Gasteiger partial charge in [0.25, 0.3) is 0 Å². The van der Waals surface area contributed by atoms with E-state index in [0.717, 1.165) is 22.1 Å². The number of aromatic nitrogens is 2. The Morgan fingerprint density at radius 1 is 1.07 bits per heavy atom. The number of nitrogen functional groups attached to an aromatic ring is 2. The van der Waals surface area contributed by atoms with Gasteiger partial charge in [0.1, 0.15) is 11.6 Å². The normalized spacial score (nSPS) is 10.9. The van der Waals surface area contributed by atoms with Crippen LogP contribution in [0, 0.1) is 0 Å². The Morgan fingerprint density at radius 2 is 1.83 bits per heavy atom. The number of furan rings is 1. The largest absolute Gasteiger partial charge is 0.493 e. The smallest absolute Gasteiger partial charge is 0.221 e. The first kappa shape index (κ1) is 19.7. The van der Waals surface area contributed by atoms with Gasteiger partial charge in [-0.25, -0.2) is 4.98 Å². The Labute approximate surface area is 178 Å². The van der Waals surface area contributed by atoms with E-state index in [4.69, 9.17) is 37.6 Å². The first-order valence-corrected chi connectivity index (χ1v) is 9.56. The standard InChI is InChI=1S/C22H20N4O3S/c1-27-16-9-13(8-14-11-25-22(24)26-21(14)23)15-10-17(29-18(15)19(16)28-2)20(30)12-6-4-3-5-7-12/h3-7,9-11H,8H2,1-2H3,(H4,23,24,25,26). The van der Waals surface area contributed by atoms with E-state index in [-0.39, 0.29) is 5.95 Å². The number of benzene rings is 2. The molecule has 0 amide bonds. The van der Waals surface area contributed by atoms with Gasteiger partial charge >= 0.3 is 0 Å². The minimum absolute atomic E-state index is 0.132. The Morgan fingerprint density at radius 3 is 2.50 bits per heavy atom. The molecule has 0 aliphatic carbocycles. The Bertz CT molecular complexity index is 1240. The summed E-state index contributed by atoms with van der Waals surface area (Å²) in [6, 6.07) is 13.5. The van der Waals surface area contributed by atoms with Gasteiger partial charge in [-0.2, -0.15) is 4.98 Å². The summed E-state index contributed by atoms with van der Waals surface area (Å²) in [6.45, 7) is 0. The number of fused-ring (bicyclic) bond motifs is 1. The van der Waals surface area contributed by atoms with Gasteiger partial charge in [0.2, 0.25) is 11.7 Å². The monoisotopic (exact) mass is 420 g/mol. The number of hydrogen-bond acceptors (Lipinski definition) is 8. The Hall–Kier alpha value is -3.65. The van der Waals surface area contributed by atoms with Crippen LogP contribution >= 0.6 is 12.2 Å². The van der Waals surface area contributed by atoms with Gasteiger partial charge in [-0.05, 0) is 23.3 Å². The predicted molar refractivity (Wildman–Crippen MR) is 120 cm³/mol. The summed E-state index contributed by atoms with van der Waals surface area (Å²) < 4.78 is 17.2. The van der Waals surface area contributed by atoms with Crippen molar-refractivity contribution in [1.29, 1.82) is 0 Å². The maximum absolute atomic E-state index is 6.15. The fourth-order valence-corrected chi connectivity index (χ4v) is 3.56. The average molecular weight is 420 g/mol. The van der Waals surface area contributed by atoms with Gasteiger partial charge in [0.05, 0.1) is 19.1 Å². The summed E-state index contributed by atoms with van der Waals surface area (Å²) in [5.41, 5.74) is 14.8. The third-order valence-corrected chi connectivity index (χ3v) is 5.23. The maximum atomic E-state index is 6.15. The fraction of sp³-hybridized carbons (Fsp3) is 0.136. The van der Waals surface area contributed by atoms with Crippen molar-refractivity contribution in [1.82, 2.24) is 9.97 Å². The van der Waals surface area contributed by atoms with Crippen LogP contribution in [0.1, 0.15) is 22.5 Å². The molecule has 0 saturated heterocycles. The van der Waals surface area contributed by atoms with Crippen LogP contribution in [0.25, 0.3) is 11.0 Å². The van der Waals surface area contributed by atoms with Gasteiger partial charge in [0, 0.05) is 23.6 Å². The molecule has 0 atom stereocenters. The van der Waals surface area contributed by atoms with Crippen LogP contribution in [-0.2, 0) is 6.42 Å². The predicted octanol–water partition coefficient (Wildman–Crippen LogP) is 3.76. The van der Waals surface area contributed by atoms with Crippen LogP contribution in [-0.4, -0.2) is 29.1 Å². The molecule has 0 unspecified atom stereocenters. The maximum Gasteiger partial charge on any atom is 0.221 e. The molecule has 0 bridgehead atoms. The number of ether oxygens (including phenoxy) is 2. The number of thiocarbonyl (C=S) groups is 1. The summed E-state index contributed by atoms with van der Waals surface area (Å²) in [4.78, 5) is 8.70. The van der Waals surface area contributed by atoms with E-state index in [0.29, 0.717) is 39.9 Å². The minimum atomic E-state index is 0.132. The van der Waals surface area contributed by atoms with Crippen molar-refractivity contribution in [2.75, 3.05) is 25.7 Å². The van der Waals surface area contributed by atoms with E-state index < -0.39 is 0 Å². The van der Waals surface area contributed by atoms with Crippen LogP contribution in [0.4, 0.5) is 11.8 Å². The molecule has 0 aliphatic heterocycles. The molecule has 8 heteroatoms. The van der Waals surface area contributed by atoms with Crippen molar-refractivity contribution < 1.29 is 13.9 Å². The van der Waals surface area contributed by atoms with Crippen molar-refractivity contribution in [2.45, 2.75) is 6.42 Å². The first-order valence-electron chi connectivity index (χ1n) is 9.15. The fourth-order valence-electron chi connectivity index (χ4n) is 3.32. The molecule has 4 aromatic rings. The Kier molecular flexibility index (Phi) is 5.24. The number of nitrogens with zero attached hydrogens (tertiary/aromatic N) is 2. The molecule has 2 aromatic carbocycles. The van der Waals surface area contributed by atoms with Crippen molar-refractivity contribution >= 4 is 39.8 Å². The summed E-state index contributed by atoms with van der Waals surface area (Å²) in [5.74, 6) is 2.07. The topological polar surface area (TPSA) is 109 Å². The lowest BCUT2D eigenvalue weighted by atomic mass is 10.0. The van der Waals surface area contributed by atoms with Gasteiger partial charge in [-0.3, -0.25) is 0 Å². The molecule has 7 nitrogen and oxygen atoms in total. The lowest BCUT2D eigenvalue weighted by Crippen LogP contribution is -2.04. The molecule has 0 saturated carbocycles. The van der Waals surface area contributed by atoms with Gasteiger partial charge in [0.15, 0.2) is 11.3 Å². The molecule has 2 aromatic heterocycles. The lowest BCUT2D eigenvalue weighted by Gasteiger charge is -2.12. The summed E-state index contributed by atoms with van der Waals surface area (Å²) in [7, 11) is 3.15. The third kappa shape index (κ3) is 3.53. The van der Waals surface area contributed by atoms with E-state index in [1.807, 2.05) is 42.5 Å². The van der Waals surface area contributed by atoms with Crippen LogP contribution in [0.3, 0.4) is 0 Å². The second-order valence-corrected chi connectivity index (χ2v) is 7.04. The molecule has 0 fully saturated rings. The highest BCUT2D eigenvalue weighted by Crippen LogP contribution is 2.41. The van der Waals surface area contributed by atoms with Crippen LogP contribution in [0.2, 0.25) is 0 Å². The van der Waals surface area contributed by atoms with E-state index in [1.165, 1.54) is 0 Å².